The molecule has 0 spiro atoms. The van der Waals surface area contributed by atoms with Crippen molar-refractivity contribution in [2.75, 3.05) is 0 Å². The Kier molecular flexibility index (Phi) is 3.50. The molecule has 1 aromatic heterocycles. The third kappa shape index (κ3) is 2.63. The van der Waals surface area contributed by atoms with Gasteiger partial charge in [0.1, 0.15) is 11.4 Å². The molecule has 1 N–H and O–H groups in total. The summed E-state index contributed by atoms with van der Waals surface area (Å²) in [6.07, 6.45) is 0. The van der Waals surface area contributed by atoms with Gasteiger partial charge in [0.25, 0.3) is 5.91 Å². The number of furan rings is 1. The zero-order valence-corrected chi connectivity index (χ0v) is 12.8. The first-order chi connectivity index (χ1) is 11.7. The van der Waals surface area contributed by atoms with E-state index in [9.17, 15) is 9.18 Å². The van der Waals surface area contributed by atoms with Gasteiger partial charge in [0, 0.05) is 11.9 Å². The highest BCUT2D eigenvalue weighted by Crippen LogP contribution is 2.28. The smallest absolute Gasteiger partial charge is 0.287 e. The van der Waals surface area contributed by atoms with Crippen molar-refractivity contribution in [1.29, 1.82) is 0 Å². The van der Waals surface area contributed by atoms with Gasteiger partial charge in [-0.2, -0.15) is 0 Å². The first-order valence-corrected chi connectivity index (χ1v) is 7.65. The van der Waals surface area contributed by atoms with Gasteiger partial charge in [-0.25, -0.2) is 4.39 Å². The lowest BCUT2D eigenvalue weighted by molar-refractivity contribution is 0.0925. The molecule has 24 heavy (non-hydrogen) atoms. The predicted molar refractivity (Wildman–Crippen MR) is 91.3 cm³/mol. The molecular weight excluding hydrogens is 305 g/mol. The van der Waals surface area contributed by atoms with Crippen LogP contribution in [0.1, 0.15) is 16.1 Å². The Morgan fingerprint density at radius 2 is 1.75 bits per heavy atom. The predicted octanol–water partition coefficient (Wildman–Crippen LogP) is 4.66. The van der Waals surface area contributed by atoms with Gasteiger partial charge in [0.2, 0.25) is 0 Å². The fourth-order valence-corrected chi connectivity index (χ4v) is 2.78. The lowest BCUT2D eigenvalue weighted by atomic mass is 10.1. The van der Waals surface area contributed by atoms with Crippen LogP contribution in [0.2, 0.25) is 0 Å². The number of benzene rings is 3. The molecule has 3 nitrogen and oxygen atoms in total. The summed E-state index contributed by atoms with van der Waals surface area (Å²) in [4.78, 5) is 12.3. The van der Waals surface area contributed by atoms with Crippen LogP contribution in [0.15, 0.2) is 71.1 Å². The van der Waals surface area contributed by atoms with Crippen LogP contribution in [0, 0.1) is 5.82 Å². The lowest BCUT2D eigenvalue weighted by Gasteiger charge is -2.03. The van der Waals surface area contributed by atoms with E-state index in [1.807, 2.05) is 36.4 Å². The fourth-order valence-electron chi connectivity index (χ4n) is 2.78. The highest BCUT2D eigenvalue weighted by atomic mass is 19.1. The van der Waals surface area contributed by atoms with Gasteiger partial charge >= 0.3 is 0 Å². The van der Waals surface area contributed by atoms with Gasteiger partial charge < -0.3 is 9.73 Å². The van der Waals surface area contributed by atoms with Crippen molar-refractivity contribution in [2.45, 2.75) is 6.54 Å². The van der Waals surface area contributed by atoms with Gasteiger partial charge in [-0.3, -0.25) is 4.79 Å². The largest absolute Gasteiger partial charge is 0.451 e. The van der Waals surface area contributed by atoms with Crippen molar-refractivity contribution in [3.8, 4) is 0 Å². The molecule has 118 valence electrons. The summed E-state index contributed by atoms with van der Waals surface area (Å²) < 4.78 is 18.6. The van der Waals surface area contributed by atoms with Gasteiger partial charge in [-0.1, -0.05) is 42.5 Å². The number of fused-ring (bicyclic) bond motifs is 3. The van der Waals surface area contributed by atoms with E-state index in [0.29, 0.717) is 12.1 Å². The van der Waals surface area contributed by atoms with Crippen LogP contribution in [-0.2, 0) is 6.54 Å². The third-order valence-electron chi connectivity index (χ3n) is 4.02. The first kappa shape index (κ1) is 14.5. The summed E-state index contributed by atoms with van der Waals surface area (Å²) in [5.41, 5.74) is 1.51. The number of carbonyl (C=O) groups excluding carboxylic acids is 1. The van der Waals surface area contributed by atoms with Crippen LogP contribution in [0.25, 0.3) is 21.7 Å². The first-order valence-electron chi connectivity index (χ1n) is 7.65. The summed E-state index contributed by atoms with van der Waals surface area (Å²) in [6.45, 7) is 0.316. The highest BCUT2D eigenvalue weighted by molar-refractivity contribution is 6.08. The molecule has 0 saturated carbocycles. The Bertz CT molecular complexity index is 1030. The van der Waals surface area contributed by atoms with E-state index in [0.717, 1.165) is 21.7 Å². The zero-order chi connectivity index (χ0) is 16.5. The molecule has 0 aliphatic carbocycles. The summed E-state index contributed by atoms with van der Waals surface area (Å²) in [5, 5.41) is 5.86. The van der Waals surface area contributed by atoms with Crippen LogP contribution < -0.4 is 5.32 Å². The van der Waals surface area contributed by atoms with E-state index in [1.165, 1.54) is 12.1 Å². The van der Waals surface area contributed by atoms with E-state index in [1.54, 1.807) is 18.2 Å². The molecule has 0 atom stereocenters. The SMILES string of the molecule is O=C(NCc1ccc(F)cc1)c1cc2c(ccc3ccccc32)o1. The Morgan fingerprint density at radius 3 is 2.58 bits per heavy atom. The fraction of sp³-hybridized carbons (Fsp3) is 0.0500. The average Bonchev–Trinajstić information content (AvgIpc) is 3.06. The number of rotatable bonds is 3. The standard InChI is InChI=1S/C20H14FNO2/c21-15-8-5-13(6-9-15)12-22-20(23)19-11-17-16-4-2-1-3-14(16)7-10-18(17)24-19/h1-11H,12H2,(H,22,23). The zero-order valence-electron chi connectivity index (χ0n) is 12.8. The Hall–Kier alpha value is -3.14. The Morgan fingerprint density at radius 1 is 0.958 bits per heavy atom. The molecule has 0 aliphatic heterocycles. The van der Waals surface area contributed by atoms with E-state index in [2.05, 4.69) is 5.32 Å². The minimum absolute atomic E-state index is 0.267. The van der Waals surface area contributed by atoms with Crippen molar-refractivity contribution in [3.63, 3.8) is 0 Å². The highest BCUT2D eigenvalue weighted by Gasteiger charge is 2.13. The Labute approximate surface area is 137 Å². The molecule has 3 aromatic carbocycles. The molecular formula is C20H14FNO2. The van der Waals surface area contributed by atoms with E-state index in [4.69, 9.17) is 4.42 Å². The normalized spacial score (nSPS) is 11.0. The Balaban J connectivity index is 1.60. The molecule has 1 amide bonds. The van der Waals surface area contributed by atoms with Crippen LogP contribution in [0.4, 0.5) is 4.39 Å². The van der Waals surface area contributed by atoms with Crippen molar-refractivity contribution < 1.29 is 13.6 Å². The van der Waals surface area contributed by atoms with E-state index in [-0.39, 0.29) is 17.5 Å². The minimum atomic E-state index is -0.297. The summed E-state index contributed by atoms with van der Waals surface area (Å²) >= 11 is 0. The summed E-state index contributed by atoms with van der Waals surface area (Å²) in [6, 6.07) is 19.6. The average molecular weight is 319 g/mol. The van der Waals surface area contributed by atoms with E-state index >= 15 is 0 Å². The van der Waals surface area contributed by atoms with Crippen LogP contribution in [-0.4, -0.2) is 5.91 Å². The third-order valence-corrected chi connectivity index (χ3v) is 4.02. The number of amides is 1. The topological polar surface area (TPSA) is 42.2 Å². The molecule has 4 rings (SSSR count). The number of hydrogen-bond acceptors (Lipinski definition) is 2. The number of hydrogen-bond donors (Lipinski definition) is 1. The molecule has 0 aliphatic rings. The second-order valence-corrected chi connectivity index (χ2v) is 5.62. The second-order valence-electron chi connectivity index (χ2n) is 5.62. The lowest BCUT2D eigenvalue weighted by Crippen LogP contribution is -2.22. The molecule has 0 bridgehead atoms. The molecule has 4 aromatic rings. The minimum Gasteiger partial charge on any atom is -0.451 e. The number of carbonyl (C=O) groups is 1. The van der Waals surface area contributed by atoms with Gasteiger partial charge in [-0.05, 0) is 40.6 Å². The molecule has 0 unspecified atom stereocenters. The molecule has 4 heteroatoms. The van der Waals surface area contributed by atoms with Crippen LogP contribution in [0.5, 0.6) is 0 Å². The number of halogens is 1. The monoisotopic (exact) mass is 319 g/mol. The molecule has 1 heterocycles. The van der Waals surface area contributed by atoms with Gasteiger partial charge in [-0.15, -0.1) is 0 Å². The van der Waals surface area contributed by atoms with Crippen LogP contribution in [0.3, 0.4) is 0 Å². The maximum atomic E-state index is 12.9. The summed E-state index contributed by atoms with van der Waals surface area (Å²) in [5.74, 6) is -0.322. The maximum absolute atomic E-state index is 12.9. The van der Waals surface area contributed by atoms with Gasteiger partial charge in [0.15, 0.2) is 5.76 Å². The quantitative estimate of drug-likeness (QED) is 0.597. The van der Waals surface area contributed by atoms with E-state index < -0.39 is 0 Å². The number of nitrogens with one attached hydrogen (secondary N) is 1. The van der Waals surface area contributed by atoms with Crippen LogP contribution >= 0.6 is 0 Å². The van der Waals surface area contributed by atoms with Crippen molar-refractivity contribution in [2.24, 2.45) is 0 Å². The second kappa shape index (κ2) is 5.81. The van der Waals surface area contributed by atoms with Crippen molar-refractivity contribution in [1.82, 2.24) is 5.32 Å². The maximum Gasteiger partial charge on any atom is 0.287 e. The van der Waals surface area contributed by atoms with Crippen molar-refractivity contribution in [3.05, 3.63) is 83.9 Å². The molecule has 0 fully saturated rings. The summed E-state index contributed by atoms with van der Waals surface area (Å²) in [7, 11) is 0. The van der Waals surface area contributed by atoms with Gasteiger partial charge in [0.05, 0.1) is 0 Å². The molecule has 0 radical (unpaired) electrons. The van der Waals surface area contributed by atoms with Crippen molar-refractivity contribution >= 4 is 27.6 Å². The molecule has 0 saturated heterocycles.